The van der Waals surface area contributed by atoms with Crippen molar-refractivity contribution in [2.75, 3.05) is 0 Å². The first-order valence-electron chi connectivity index (χ1n) is 6.81. The highest BCUT2D eigenvalue weighted by molar-refractivity contribution is 7.11. The molecule has 2 nitrogen and oxygen atoms in total. The highest BCUT2D eigenvalue weighted by atomic mass is 32.1. The minimum Gasteiger partial charge on any atom is -0.327 e. The van der Waals surface area contributed by atoms with Gasteiger partial charge in [-0.2, -0.15) is 13.2 Å². The summed E-state index contributed by atoms with van der Waals surface area (Å²) in [7, 11) is 0. The number of thiazole rings is 1. The van der Waals surface area contributed by atoms with Crippen molar-refractivity contribution in [1.82, 2.24) is 4.98 Å². The second kappa shape index (κ2) is 5.42. The number of hydrogen-bond donors (Lipinski definition) is 1. The monoisotopic (exact) mass is 312 g/mol. The number of rotatable bonds is 2. The second-order valence-electron chi connectivity index (χ2n) is 5.31. The molecule has 1 unspecified atom stereocenters. The number of nitrogens with zero attached hydrogens (tertiary/aromatic N) is 1. The predicted molar refractivity (Wildman–Crippen MR) is 76.4 cm³/mol. The molecule has 1 aliphatic rings. The maximum Gasteiger partial charge on any atom is 0.416 e. The first-order valence-corrected chi connectivity index (χ1v) is 7.63. The summed E-state index contributed by atoms with van der Waals surface area (Å²) in [5.74, 6) is 0. The van der Waals surface area contributed by atoms with Gasteiger partial charge >= 0.3 is 6.18 Å². The van der Waals surface area contributed by atoms with Crippen molar-refractivity contribution in [2.24, 2.45) is 5.73 Å². The van der Waals surface area contributed by atoms with E-state index in [0.717, 1.165) is 40.9 Å². The number of nitrogens with two attached hydrogens (primary N) is 1. The molecule has 1 heterocycles. The molecule has 1 atom stereocenters. The Hall–Kier alpha value is -1.40. The molecule has 6 heteroatoms. The van der Waals surface area contributed by atoms with Gasteiger partial charge in [0.15, 0.2) is 0 Å². The Morgan fingerprint density at radius 2 is 2.05 bits per heavy atom. The van der Waals surface area contributed by atoms with Crippen LogP contribution in [0.1, 0.15) is 33.1 Å². The van der Waals surface area contributed by atoms with Gasteiger partial charge in [-0.25, -0.2) is 4.98 Å². The molecule has 3 rings (SSSR count). The van der Waals surface area contributed by atoms with E-state index in [9.17, 15) is 13.2 Å². The van der Waals surface area contributed by atoms with E-state index in [4.69, 9.17) is 5.73 Å². The Bertz CT molecular complexity index is 649. The van der Waals surface area contributed by atoms with Gasteiger partial charge in [0.1, 0.15) is 0 Å². The van der Waals surface area contributed by atoms with Crippen molar-refractivity contribution in [3.05, 3.63) is 51.0 Å². The van der Waals surface area contributed by atoms with Crippen LogP contribution in [0.25, 0.3) is 0 Å². The van der Waals surface area contributed by atoms with Gasteiger partial charge in [0, 0.05) is 17.3 Å². The van der Waals surface area contributed by atoms with Crippen molar-refractivity contribution < 1.29 is 13.2 Å². The molecule has 0 bridgehead atoms. The van der Waals surface area contributed by atoms with Crippen molar-refractivity contribution in [3.8, 4) is 0 Å². The number of hydrogen-bond acceptors (Lipinski definition) is 3. The molecule has 0 saturated carbocycles. The molecule has 0 saturated heterocycles. The van der Waals surface area contributed by atoms with E-state index in [2.05, 4.69) is 4.98 Å². The number of aromatic nitrogens is 1. The van der Waals surface area contributed by atoms with Crippen molar-refractivity contribution in [1.29, 1.82) is 0 Å². The van der Waals surface area contributed by atoms with Crippen LogP contribution in [-0.2, 0) is 25.4 Å². The average Bonchev–Trinajstić information content (AvgIpc) is 2.79. The molecule has 0 radical (unpaired) electrons. The summed E-state index contributed by atoms with van der Waals surface area (Å²) in [5, 5.41) is 0.741. The third-order valence-corrected chi connectivity index (χ3v) is 4.81. The summed E-state index contributed by atoms with van der Waals surface area (Å²) in [6.07, 6.45) is -1.59. The number of halogens is 3. The normalized spacial score (nSPS) is 18.6. The molecule has 0 amide bonds. The molecule has 112 valence electrons. The lowest BCUT2D eigenvalue weighted by Gasteiger charge is -2.15. The van der Waals surface area contributed by atoms with Crippen LogP contribution in [0.3, 0.4) is 0 Å². The zero-order chi connectivity index (χ0) is 15.0. The Kier molecular flexibility index (Phi) is 3.75. The molecule has 1 aliphatic carbocycles. The van der Waals surface area contributed by atoms with E-state index >= 15 is 0 Å². The minimum atomic E-state index is -4.32. The largest absolute Gasteiger partial charge is 0.416 e. The molecule has 2 N–H and O–H groups in total. The molecule has 0 aliphatic heterocycles. The third kappa shape index (κ3) is 3.11. The molecule has 21 heavy (non-hydrogen) atoms. The van der Waals surface area contributed by atoms with Crippen LogP contribution in [0.15, 0.2) is 24.3 Å². The number of benzene rings is 1. The van der Waals surface area contributed by atoms with E-state index in [1.54, 1.807) is 6.07 Å². The fraction of sp³-hybridized carbons (Fsp3) is 0.400. The minimum absolute atomic E-state index is 0.147. The van der Waals surface area contributed by atoms with Crippen LogP contribution in [0.2, 0.25) is 0 Å². The summed E-state index contributed by atoms with van der Waals surface area (Å²) >= 11 is 1.49. The van der Waals surface area contributed by atoms with Crippen molar-refractivity contribution in [3.63, 3.8) is 0 Å². The van der Waals surface area contributed by atoms with Gasteiger partial charge in [-0.15, -0.1) is 11.3 Å². The number of aryl methyl sites for hydroxylation is 1. The van der Waals surface area contributed by atoms with E-state index in [1.165, 1.54) is 23.5 Å². The number of alkyl halides is 3. The highest BCUT2D eigenvalue weighted by Crippen LogP contribution is 2.34. The first-order chi connectivity index (χ1) is 9.93. The highest BCUT2D eigenvalue weighted by Gasteiger charge is 2.33. The van der Waals surface area contributed by atoms with Gasteiger partial charge in [0.25, 0.3) is 0 Å². The van der Waals surface area contributed by atoms with Crippen molar-refractivity contribution in [2.45, 2.75) is 37.9 Å². The average molecular weight is 312 g/mol. The first kappa shape index (κ1) is 14.5. The van der Waals surface area contributed by atoms with Gasteiger partial charge in [0.05, 0.1) is 16.3 Å². The third-order valence-electron chi connectivity index (χ3n) is 3.69. The second-order valence-corrected chi connectivity index (χ2v) is 6.48. The molecular weight excluding hydrogens is 297 g/mol. The van der Waals surface area contributed by atoms with E-state index in [-0.39, 0.29) is 18.0 Å². The van der Waals surface area contributed by atoms with Crippen molar-refractivity contribution >= 4 is 11.3 Å². The van der Waals surface area contributed by atoms with Gasteiger partial charge < -0.3 is 5.73 Å². The van der Waals surface area contributed by atoms with Crippen LogP contribution in [0, 0.1) is 0 Å². The summed E-state index contributed by atoms with van der Waals surface area (Å²) in [6.45, 7) is 0. The molecule has 2 aromatic rings. The summed E-state index contributed by atoms with van der Waals surface area (Å²) in [6, 6.07) is 5.84. The fourth-order valence-electron chi connectivity index (χ4n) is 2.64. The van der Waals surface area contributed by atoms with Gasteiger partial charge in [0.2, 0.25) is 0 Å². The van der Waals surface area contributed by atoms with Gasteiger partial charge in [-0.05, 0) is 30.9 Å². The van der Waals surface area contributed by atoms with E-state index in [0.29, 0.717) is 0 Å². The predicted octanol–water partition coefficient (Wildman–Crippen LogP) is 3.57. The van der Waals surface area contributed by atoms with E-state index in [1.807, 2.05) is 0 Å². The Morgan fingerprint density at radius 1 is 1.29 bits per heavy atom. The maximum atomic E-state index is 13.0. The van der Waals surface area contributed by atoms with Crippen LogP contribution in [0.4, 0.5) is 13.2 Å². The topological polar surface area (TPSA) is 38.9 Å². The summed E-state index contributed by atoms with van der Waals surface area (Å²) < 4.78 is 39.0. The smallest absolute Gasteiger partial charge is 0.327 e. The Labute approximate surface area is 124 Å². The Morgan fingerprint density at radius 3 is 2.81 bits per heavy atom. The molecule has 0 fully saturated rings. The standard InChI is InChI=1S/C15H15F3N2S/c16-15(17,18)11-4-2-1-3-9(11)7-14-20-12-6-5-10(19)8-13(12)21-14/h1-4,10H,5-8,19H2. The van der Waals surface area contributed by atoms with Crippen LogP contribution < -0.4 is 5.73 Å². The zero-order valence-electron chi connectivity index (χ0n) is 11.3. The lowest BCUT2D eigenvalue weighted by atomic mass is 9.99. The molecular formula is C15H15F3N2S. The Balaban J connectivity index is 1.88. The van der Waals surface area contributed by atoms with Crippen LogP contribution in [-0.4, -0.2) is 11.0 Å². The quantitative estimate of drug-likeness (QED) is 0.921. The lowest BCUT2D eigenvalue weighted by Crippen LogP contribution is -2.26. The zero-order valence-corrected chi connectivity index (χ0v) is 12.1. The lowest BCUT2D eigenvalue weighted by molar-refractivity contribution is -0.138. The molecule has 1 aromatic heterocycles. The molecule has 1 aromatic carbocycles. The SMILES string of the molecule is NC1CCc2nc(Cc3ccccc3C(F)(F)F)sc2C1. The van der Waals surface area contributed by atoms with Gasteiger partial charge in [-0.1, -0.05) is 18.2 Å². The number of fused-ring (bicyclic) bond motifs is 1. The van der Waals surface area contributed by atoms with E-state index < -0.39 is 11.7 Å². The summed E-state index contributed by atoms with van der Waals surface area (Å²) in [4.78, 5) is 5.63. The van der Waals surface area contributed by atoms with Crippen LogP contribution in [0.5, 0.6) is 0 Å². The van der Waals surface area contributed by atoms with Crippen LogP contribution >= 0.6 is 11.3 Å². The molecule has 0 spiro atoms. The fourth-order valence-corrected chi connectivity index (χ4v) is 3.87. The summed E-state index contributed by atoms with van der Waals surface area (Å²) in [5.41, 5.74) is 6.64. The maximum absolute atomic E-state index is 13.0. The van der Waals surface area contributed by atoms with Gasteiger partial charge in [-0.3, -0.25) is 0 Å².